The first kappa shape index (κ1) is 9.84. The number of anilines is 1. The van der Waals surface area contributed by atoms with Crippen LogP contribution in [-0.2, 0) is 0 Å². The molecule has 2 nitrogen and oxygen atoms in total. The van der Waals surface area contributed by atoms with Gasteiger partial charge in [0, 0.05) is 17.8 Å². The van der Waals surface area contributed by atoms with E-state index in [0.29, 0.717) is 0 Å². The van der Waals surface area contributed by atoms with Crippen LogP contribution >= 0.6 is 0 Å². The standard InChI is InChI=1S/C13H15NO/c1-3-14-13-8-11(5-4-10(13)2)12-6-7-15-9-12/h4-9,14H,3H2,1-2H3. The zero-order valence-corrected chi connectivity index (χ0v) is 9.08. The fraction of sp³-hybridized carbons (Fsp3) is 0.231. The lowest BCUT2D eigenvalue weighted by Crippen LogP contribution is -1.98. The first-order chi connectivity index (χ1) is 7.31. The maximum atomic E-state index is 5.08. The first-order valence-corrected chi connectivity index (χ1v) is 5.18. The Morgan fingerprint density at radius 1 is 1.20 bits per heavy atom. The number of benzene rings is 1. The van der Waals surface area contributed by atoms with Crippen LogP contribution in [0.1, 0.15) is 12.5 Å². The van der Waals surface area contributed by atoms with E-state index in [1.165, 1.54) is 16.8 Å². The predicted octanol–water partition coefficient (Wildman–Crippen LogP) is 3.69. The molecule has 2 heteroatoms. The summed E-state index contributed by atoms with van der Waals surface area (Å²) in [6.45, 7) is 5.15. The van der Waals surface area contributed by atoms with Gasteiger partial charge in [-0.15, -0.1) is 0 Å². The topological polar surface area (TPSA) is 25.2 Å². The molecule has 0 spiro atoms. The van der Waals surface area contributed by atoms with E-state index in [1.54, 1.807) is 12.5 Å². The molecule has 1 aromatic heterocycles. The minimum atomic E-state index is 0.940. The Morgan fingerprint density at radius 3 is 2.73 bits per heavy atom. The van der Waals surface area contributed by atoms with Crippen LogP contribution in [0.15, 0.2) is 41.2 Å². The number of furan rings is 1. The highest BCUT2D eigenvalue weighted by atomic mass is 16.3. The molecule has 2 rings (SSSR count). The molecule has 1 N–H and O–H groups in total. The quantitative estimate of drug-likeness (QED) is 0.819. The van der Waals surface area contributed by atoms with E-state index in [2.05, 4.69) is 37.4 Å². The third kappa shape index (κ3) is 2.04. The summed E-state index contributed by atoms with van der Waals surface area (Å²) in [6.07, 6.45) is 3.46. The van der Waals surface area contributed by atoms with E-state index in [-0.39, 0.29) is 0 Å². The molecule has 0 saturated carbocycles. The average Bonchev–Trinajstić information content (AvgIpc) is 2.75. The van der Waals surface area contributed by atoms with Gasteiger partial charge in [-0.1, -0.05) is 12.1 Å². The van der Waals surface area contributed by atoms with Crippen LogP contribution < -0.4 is 5.32 Å². The highest BCUT2D eigenvalue weighted by Crippen LogP contribution is 2.25. The molecule has 0 radical (unpaired) electrons. The van der Waals surface area contributed by atoms with Crippen molar-refractivity contribution < 1.29 is 4.42 Å². The van der Waals surface area contributed by atoms with Crippen molar-refractivity contribution in [2.75, 3.05) is 11.9 Å². The van der Waals surface area contributed by atoms with Crippen molar-refractivity contribution in [3.63, 3.8) is 0 Å². The van der Waals surface area contributed by atoms with Gasteiger partial charge in [-0.25, -0.2) is 0 Å². The summed E-state index contributed by atoms with van der Waals surface area (Å²) in [4.78, 5) is 0. The van der Waals surface area contributed by atoms with Crippen molar-refractivity contribution in [2.45, 2.75) is 13.8 Å². The van der Waals surface area contributed by atoms with E-state index in [0.717, 1.165) is 12.1 Å². The van der Waals surface area contributed by atoms with Crippen molar-refractivity contribution in [1.29, 1.82) is 0 Å². The molecule has 15 heavy (non-hydrogen) atoms. The molecule has 0 amide bonds. The average molecular weight is 201 g/mol. The number of rotatable bonds is 3. The van der Waals surface area contributed by atoms with E-state index >= 15 is 0 Å². The first-order valence-electron chi connectivity index (χ1n) is 5.18. The third-order valence-corrected chi connectivity index (χ3v) is 2.46. The predicted molar refractivity (Wildman–Crippen MR) is 63.0 cm³/mol. The summed E-state index contributed by atoms with van der Waals surface area (Å²) in [7, 11) is 0. The van der Waals surface area contributed by atoms with Crippen molar-refractivity contribution in [2.24, 2.45) is 0 Å². The Balaban J connectivity index is 2.38. The maximum absolute atomic E-state index is 5.08. The maximum Gasteiger partial charge on any atom is 0.0980 e. The van der Waals surface area contributed by atoms with Gasteiger partial charge in [-0.3, -0.25) is 0 Å². The van der Waals surface area contributed by atoms with Crippen LogP contribution in [0.3, 0.4) is 0 Å². The number of nitrogens with one attached hydrogen (secondary N) is 1. The van der Waals surface area contributed by atoms with E-state index in [4.69, 9.17) is 4.42 Å². The summed E-state index contributed by atoms with van der Waals surface area (Å²) >= 11 is 0. The van der Waals surface area contributed by atoms with Crippen molar-refractivity contribution in [3.05, 3.63) is 42.4 Å². The number of aryl methyl sites for hydroxylation is 1. The fourth-order valence-corrected chi connectivity index (χ4v) is 1.61. The molecule has 0 aliphatic heterocycles. The molecule has 78 valence electrons. The van der Waals surface area contributed by atoms with Crippen molar-refractivity contribution in [3.8, 4) is 11.1 Å². The van der Waals surface area contributed by atoms with E-state index < -0.39 is 0 Å². The van der Waals surface area contributed by atoms with Gasteiger partial charge in [-0.05, 0) is 37.1 Å². The number of hydrogen-bond acceptors (Lipinski definition) is 2. The van der Waals surface area contributed by atoms with Crippen LogP contribution in [0.25, 0.3) is 11.1 Å². The van der Waals surface area contributed by atoms with Crippen LogP contribution in [0.4, 0.5) is 5.69 Å². The van der Waals surface area contributed by atoms with Gasteiger partial charge < -0.3 is 9.73 Å². The Hall–Kier alpha value is -1.70. The second kappa shape index (κ2) is 4.22. The number of hydrogen-bond donors (Lipinski definition) is 1. The van der Waals surface area contributed by atoms with Gasteiger partial charge in [0.05, 0.1) is 12.5 Å². The normalized spacial score (nSPS) is 10.3. The molecule has 1 aromatic carbocycles. The Bertz CT molecular complexity index is 432. The smallest absolute Gasteiger partial charge is 0.0980 e. The minimum Gasteiger partial charge on any atom is -0.472 e. The molecular formula is C13H15NO. The highest BCUT2D eigenvalue weighted by molar-refractivity contribution is 5.69. The molecule has 0 unspecified atom stereocenters. The second-order valence-corrected chi connectivity index (χ2v) is 3.57. The van der Waals surface area contributed by atoms with Crippen molar-refractivity contribution >= 4 is 5.69 Å². The van der Waals surface area contributed by atoms with E-state index in [9.17, 15) is 0 Å². The van der Waals surface area contributed by atoms with Gasteiger partial charge in [-0.2, -0.15) is 0 Å². The van der Waals surface area contributed by atoms with Crippen LogP contribution in [0, 0.1) is 6.92 Å². The largest absolute Gasteiger partial charge is 0.472 e. The monoisotopic (exact) mass is 201 g/mol. The Labute approximate surface area is 89.9 Å². The molecular weight excluding hydrogens is 186 g/mol. The lowest BCUT2D eigenvalue weighted by atomic mass is 10.1. The van der Waals surface area contributed by atoms with Crippen LogP contribution in [0.2, 0.25) is 0 Å². The summed E-state index contributed by atoms with van der Waals surface area (Å²) < 4.78 is 5.08. The van der Waals surface area contributed by atoms with Gasteiger partial charge in [0.25, 0.3) is 0 Å². The summed E-state index contributed by atoms with van der Waals surface area (Å²) in [5.41, 5.74) is 4.76. The van der Waals surface area contributed by atoms with Crippen LogP contribution in [0.5, 0.6) is 0 Å². The Kier molecular flexibility index (Phi) is 2.77. The minimum absolute atomic E-state index is 0.940. The van der Waals surface area contributed by atoms with Gasteiger partial charge >= 0.3 is 0 Å². The fourth-order valence-electron chi connectivity index (χ4n) is 1.61. The highest BCUT2D eigenvalue weighted by Gasteiger charge is 2.02. The van der Waals surface area contributed by atoms with Gasteiger partial charge in [0.2, 0.25) is 0 Å². The lowest BCUT2D eigenvalue weighted by Gasteiger charge is -2.08. The molecule has 0 aliphatic rings. The third-order valence-electron chi connectivity index (χ3n) is 2.46. The van der Waals surface area contributed by atoms with Crippen LogP contribution in [-0.4, -0.2) is 6.54 Å². The molecule has 1 heterocycles. The molecule has 0 saturated heterocycles. The molecule has 0 bridgehead atoms. The molecule has 2 aromatic rings. The lowest BCUT2D eigenvalue weighted by molar-refractivity contribution is 0.568. The zero-order valence-electron chi connectivity index (χ0n) is 9.08. The van der Waals surface area contributed by atoms with Gasteiger partial charge in [0.1, 0.15) is 0 Å². The second-order valence-electron chi connectivity index (χ2n) is 3.57. The molecule has 0 fully saturated rings. The zero-order chi connectivity index (χ0) is 10.7. The molecule has 0 aliphatic carbocycles. The van der Waals surface area contributed by atoms with E-state index in [1.807, 2.05) is 6.07 Å². The summed E-state index contributed by atoms with van der Waals surface area (Å²) in [6, 6.07) is 8.37. The Morgan fingerprint density at radius 2 is 2.07 bits per heavy atom. The van der Waals surface area contributed by atoms with Gasteiger partial charge in [0.15, 0.2) is 0 Å². The van der Waals surface area contributed by atoms with Crippen molar-refractivity contribution in [1.82, 2.24) is 0 Å². The molecule has 0 atom stereocenters. The summed E-state index contributed by atoms with van der Waals surface area (Å²) in [5, 5.41) is 3.35. The summed E-state index contributed by atoms with van der Waals surface area (Å²) in [5.74, 6) is 0. The SMILES string of the molecule is CCNc1cc(-c2ccoc2)ccc1C.